The largest absolute Gasteiger partial charge is 0.404 e. The van der Waals surface area contributed by atoms with E-state index < -0.39 is 0 Å². The zero-order valence-corrected chi connectivity index (χ0v) is 9.07. The molecular weight excluding hydrogens is 200 g/mol. The van der Waals surface area contributed by atoms with Crippen molar-refractivity contribution in [2.45, 2.75) is 0 Å². The van der Waals surface area contributed by atoms with Crippen molar-refractivity contribution in [3.63, 3.8) is 0 Å². The molecule has 0 radical (unpaired) electrons. The van der Waals surface area contributed by atoms with Gasteiger partial charge in [-0.1, -0.05) is 6.08 Å². The first-order chi connectivity index (χ1) is 7.80. The first-order valence-electron chi connectivity index (χ1n) is 5.08. The van der Waals surface area contributed by atoms with E-state index in [0.717, 1.165) is 17.0 Å². The Morgan fingerprint density at radius 3 is 3.00 bits per heavy atom. The topological polar surface area (TPSA) is 74.3 Å². The molecule has 0 aromatic rings. The Labute approximate surface area is 94.5 Å². The van der Waals surface area contributed by atoms with Crippen LogP contribution in [0.5, 0.6) is 0 Å². The number of nitrogens with zero attached hydrogens (tertiary/aromatic N) is 1. The van der Waals surface area contributed by atoms with E-state index >= 15 is 0 Å². The Hall–Kier alpha value is -2.10. The normalized spacial score (nSPS) is 23.2. The van der Waals surface area contributed by atoms with Gasteiger partial charge >= 0.3 is 0 Å². The monoisotopic (exact) mass is 214 g/mol. The van der Waals surface area contributed by atoms with Crippen LogP contribution in [-0.4, -0.2) is 19.5 Å². The molecule has 2 rings (SSSR count). The molecule has 0 saturated heterocycles. The van der Waals surface area contributed by atoms with Crippen LogP contribution in [0.25, 0.3) is 0 Å². The fourth-order valence-corrected chi connectivity index (χ4v) is 1.84. The van der Waals surface area contributed by atoms with Gasteiger partial charge in [-0.15, -0.1) is 0 Å². The first kappa shape index (κ1) is 10.4. The molecule has 4 heteroatoms. The molecule has 16 heavy (non-hydrogen) atoms. The van der Waals surface area contributed by atoms with Gasteiger partial charge in [0.05, 0.1) is 11.6 Å². The second kappa shape index (κ2) is 4.18. The van der Waals surface area contributed by atoms with Gasteiger partial charge in [-0.05, 0) is 17.7 Å². The van der Waals surface area contributed by atoms with Gasteiger partial charge in [0, 0.05) is 36.9 Å². The van der Waals surface area contributed by atoms with E-state index in [9.17, 15) is 0 Å². The van der Waals surface area contributed by atoms with Crippen LogP contribution in [0.4, 0.5) is 0 Å². The van der Waals surface area contributed by atoms with Crippen LogP contribution < -0.4 is 11.1 Å². The van der Waals surface area contributed by atoms with Gasteiger partial charge in [0.25, 0.3) is 0 Å². The van der Waals surface area contributed by atoms with Gasteiger partial charge < -0.3 is 16.5 Å². The fourth-order valence-electron chi connectivity index (χ4n) is 1.84. The number of fused-ring (bicyclic) bond motifs is 1. The van der Waals surface area contributed by atoms with Crippen LogP contribution >= 0.6 is 0 Å². The lowest BCUT2D eigenvalue weighted by atomic mass is 9.96. The molecule has 82 valence electrons. The summed E-state index contributed by atoms with van der Waals surface area (Å²) in [6, 6.07) is 0. The number of rotatable bonds is 3. The standard InChI is InChI=1S/C12H14N4/c1-15-11-2-3-12-10(11)4-8(7-16-12)9(5-13)6-14/h2-7,10,13,15H,14H2,1H3/b9-6+,13-5?. The molecule has 1 aliphatic carbocycles. The van der Waals surface area contributed by atoms with Crippen LogP contribution in [0.2, 0.25) is 0 Å². The lowest BCUT2D eigenvalue weighted by Gasteiger charge is -2.18. The number of allylic oxidation sites excluding steroid dienone is 4. The van der Waals surface area contributed by atoms with Crippen LogP contribution in [0.1, 0.15) is 0 Å². The summed E-state index contributed by atoms with van der Waals surface area (Å²) < 4.78 is 0. The number of nitrogens with two attached hydrogens (primary N) is 1. The average Bonchev–Trinajstić information content (AvgIpc) is 2.73. The van der Waals surface area contributed by atoms with Crippen molar-refractivity contribution in [1.82, 2.24) is 5.32 Å². The highest BCUT2D eigenvalue weighted by Gasteiger charge is 2.23. The van der Waals surface area contributed by atoms with Gasteiger partial charge in [0.1, 0.15) is 0 Å². The highest BCUT2D eigenvalue weighted by Crippen LogP contribution is 2.31. The van der Waals surface area contributed by atoms with Crippen molar-refractivity contribution in [3.05, 3.63) is 47.0 Å². The van der Waals surface area contributed by atoms with Gasteiger partial charge in [-0.25, -0.2) is 0 Å². The van der Waals surface area contributed by atoms with Crippen molar-refractivity contribution in [3.8, 4) is 0 Å². The minimum Gasteiger partial charge on any atom is -0.404 e. The smallest absolute Gasteiger partial charge is 0.0600 e. The number of aliphatic imine (C=N–C) groups is 1. The summed E-state index contributed by atoms with van der Waals surface area (Å²) in [7, 11) is 1.89. The van der Waals surface area contributed by atoms with Crippen molar-refractivity contribution < 1.29 is 0 Å². The third kappa shape index (κ3) is 1.58. The van der Waals surface area contributed by atoms with Crippen molar-refractivity contribution in [1.29, 1.82) is 5.41 Å². The molecule has 4 nitrogen and oxygen atoms in total. The molecule has 1 unspecified atom stereocenters. The lowest BCUT2D eigenvalue weighted by Crippen LogP contribution is -2.16. The summed E-state index contributed by atoms with van der Waals surface area (Å²) >= 11 is 0. The molecule has 0 fully saturated rings. The molecule has 0 amide bonds. The highest BCUT2D eigenvalue weighted by atomic mass is 14.9. The second-order valence-electron chi connectivity index (χ2n) is 3.59. The van der Waals surface area contributed by atoms with E-state index in [1.807, 2.05) is 19.2 Å². The summed E-state index contributed by atoms with van der Waals surface area (Å²) in [6.45, 7) is 0. The van der Waals surface area contributed by atoms with Gasteiger partial charge in [0.15, 0.2) is 0 Å². The van der Waals surface area contributed by atoms with Crippen LogP contribution in [0.3, 0.4) is 0 Å². The molecule has 0 aromatic heterocycles. The maximum absolute atomic E-state index is 7.26. The minimum absolute atomic E-state index is 0.167. The van der Waals surface area contributed by atoms with E-state index in [1.54, 1.807) is 6.21 Å². The number of hydrogen-bond donors (Lipinski definition) is 3. The fraction of sp³-hybridized carbons (Fsp3) is 0.167. The van der Waals surface area contributed by atoms with E-state index in [4.69, 9.17) is 11.1 Å². The van der Waals surface area contributed by atoms with Crippen molar-refractivity contribution in [2.24, 2.45) is 16.6 Å². The van der Waals surface area contributed by atoms with Gasteiger partial charge in [-0.3, -0.25) is 4.99 Å². The van der Waals surface area contributed by atoms with Gasteiger partial charge in [-0.2, -0.15) is 0 Å². The molecule has 0 saturated carbocycles. The zero-order valence-electron chi connectivity index (χ0n) is 9.07. The third-order valence-electron chi connectivity index (χ3n) is 2.74. The van der Waals surface area contributed by atoms with Crippen molar-refractivity contribution in [2.75, 3.05) is 7.05 Å². The molecule has 1 heterocycles. The van der Waals surface area contributed by atoms with E-state index in [-0.39, 0.29) is 5.92 Å². The van der Waals surface area contributed by atoms with Crippen molar-refractivity contribution >= 4 is 12.4 Å². The Morgan fingerprint density at radius 2 is 2.38 bits per heavy atom. The summed E-state index contributed by atoms with van der Waals surface area (Å²) in [4.78, 5) is 4.36. The molecule has 0 bridgehead atoms. The maximum Gasteiger partial charge on any atom is 0.0600 e. The quantitative estimate of drug-likeness (QED) is 0.615. The first-order valence-corrected chi connectivity index (χ1v) is 5.08. The molecule has 2 aliphatic rings. The Bertz CT molecular complexity index is 463. The Morgan fingerprint density at radius 1 is 1.56 bits per heavy atom. The predicted octanol–water partition coefficient (Wildman–Crippen LogP) is 1.11. The SMILES string of the molecule is CNC1=CC=C2N=CC(/C(C=N)=C/N)=CC21. The molecule has 4 N–H and O–H groups in total. The van der Waals surface area contributed by atoms with Gasteiger partial charge in [0.2, 0.25) is 0 Å². The summed E-state index contributed by atoms with van der Waals surface area (Å²) in [5, 5.41) is 10.4. The minimum atomic E-state index is 0.167. The van der Waals surface area contributed by atoms with Crippen LogP contribution in [-0.2, 0) is 0 Å². The lowest BCUT2D eigenvalue weighted by molar-refractivity contribution is 0.794. The number of nitrogens with one attached hydrogen (secondary N) is 2. The molecular formula is C12H14N4. The zero-order chi connectivity index (χ0) is 11.5. The Kier molecular flexibility index (Phi) is 2.72. The number of hydrogen-bond acceptors (Lipinski definition) is 4. The van der Waals surface area contributed by atoms with Crippen LogP contribution in [0.15, 0.2) is 52.0 Å². The average molecular weight is 214 g/mol. The summed E-state index contributed by atoms with van der Waals surface area (Å²) in [5.41, 5.74) is 9.17. The third-order valence-corrected chi connectivity index (χ3v) is 2.74. The molecule has 1 atom stereocenters. The number of dihydropyridines is 1. The van der Waals surface area contributed by atoms with E-state index in [1.165, 1.54) is 12.4 Å². The maximum atomic E-state index is 7.26. The predicted molar refractivity (Wildman–Crippen MR) is 66.3 cm³/mol. The molecule has 0 spiro atoms. The van der Waals surface area contributed by atoms with E-state index in [2.05, 4.69) is 16.4 Å². The van der Waals surface area contributed by atoms with Crippen LogP contribution in [0, 0.1) is 11.3 Å². The Balaban J connectivity index is 2.33. The highest BCUT2D eigenvalue weighted by molar-refractivity contribution is 5.98. The van der Waals surface area contributed by atoms with E-state index in [0.29, 0.717) is 5.57 Å². The summed E-state index contributed by atoms with van der Waals surface area (Å²) in [5.74, 6) is 0.167. The second-order valence-corrected chi connectivity index (χ2v) is 3.59. The summed E-state index contributed by atoms with van der Waals surface area (Å²) in [6.07, 6.45) is 10.5. The molecule has 1 aliphatic heterocycles. The molecule has 0 aromatic carbocycles.